The van der Waals surface area contributed by atoms with Gasteiger partial charge in [0.05, 0.1) is 0 Å². The van der Waals surface area contributed by atoms with Gasteiger partial charge in [-0.25, -0.2) is 4.79 Å². The summed E-state index contributed by atoms with van der Waals surface area (Å²) in [7, 11) is 0. The molecule has 0 spiro atoms. The Hall–Kier alpha value is -3.84. The number of hydrogen-bond donors (Lipinski definition) is 7. The minimum absolute atomic E-state index is 0.0156. The number of rotatable bonds is 4. The van der Waals surface area contributed by atoms with E-state index in [1.54, 1.807) is 0 Å². The van der Waals surface area contributed by atoms with E-state index in [1.807, 2.05) is 0 Å². The van der Waals surface area contributed by atoms with Crippen molar-refractivity contribution in [1.82, 2.24) is 0 Å². The van der Waals surface area contributed by atoms with Crippen LogP contribution in [-0.4, -0.2) is 72.4 Å². The Kier molecular flexibility index (Phi) is 5.59. The van der Waals surface area contributed by atoms with Crippen molar-refractivity contribution in [3.05, 3.63) is 46.6 Å². The molecule has 2 aromatic carbocycles. The zero-order chi connectivity index (χ0) is 24.0. The topological polar surface area (TPSA) is 207 Å². The van der Waals surface area contributed by atoms with Crippen molar-refractivity contribution in [1.29, 1.82) is 0 Å². The molecule has 1 aromatic heterocycles. The SMILES string of the molecule is O=C(O)[C@@H]1O[C@@H](Oc2cc3oc(-c4ccc(O)cc4)cc(=O)c3c(O)c2O)[C@H](O)[C@H](O)[C@@H]1O. The quantitative estimate of drug-likeness (QED) is 0.253. The first-order valence-corrected chi connectivity index (χ1v) is 9.49. The molecule has 5 atom stereocenters. The molecule has 33 heavy (non-hydrogen) atoms. The van der Waals surface area contributed by atoms with Crippen molar-refractivity contribution in [3.63, 3.8) is 0 Å². The summed E-state index contributed by atoms with van der Waals surface area (Å²) in [4.78, 5) is 23.8. The lowest BCUT2D eigenvalue weighted by Gasteiger charge is -2.38. The van der Waals surface area contributed by atoms with Crippen molar-refractivity contribution >= 4 is 16.9 Å². The number of carbonyl (C=O) groups is 1. The molecule has 0 unspecified atom stereocenters. The molecule has 174 valence electrons. The second-order valence-electron chi connectivity index (χ2n) is 7.32. The van der Waals surface area contributed by atoms with Gasteiger partial charge in [0, 0.05) is 17.7 Å². The molecule has 0 amide bonds. The average Bonchev–Trinajstić information content (AvgIpc) is 2.77. The Labute approximate surface area is 183 Å². The summed E-state index contributed by atoms with van der Waals surface area (Å²) in [6.45, 7) is 0. The summed E-state index contributed by atoms with van der Waals surface area (Å²) in [6.07, 6.45) is -9.67. The zero-order valence-electron chi connectivity index (χ0n) is 16.5. The summed E-state index contributed by atoms with van der Waals surface area (Å²) < 4.78 is 15.9. The maximum Gasteiger partial charge on any atom is 0.335 e. The minimum Gasteiger partial charge on any atom is -0.508 e. The van der Waals surface area contributed by atoms with Crippen molar-refractivity contribution in [2.24, 2.45) is 0 Å². The fraction of sp³-hybridized carbons (Fsp3) is 0.238. The van der Waals surface area contributed by atoms with E-state index >= 15 is 0 Å². The highest BCUT2D eigenvalue weighted by atomic mass is 16.7. The van der Waals surface area contributed by atoms with Crippen molar-refractivity contribution in [2.45, 2.75) is 30.7 Å². The van der Waals surface area contributed by atoms with Gasteiger partial charge in [-0.05, 0) is 24.3 Å². The molecule has 1 aliphatic heterocycles. The van der Waals surface area contributed by atoms with E-state index < -0.39 is 59.4 Å². The van der Waals surface area contributed by atoms with Crippen LogP contribution in [0.4, 0.5) is 0 Å². The molecule has 12 heteroatoms. The maximum absolute atomic E-state index is 12.6. The Morgan fingerprint density at radius 1 is 0.909 bits per heavy atom. The van der Waals surface area contributed by atoms with E-state index in [4.69, 9.17) is 19.0 Å². The molecule has 1 saturated heterocycles. The van der Waals surface area contributed by atoms with Gasteiger partial charge < -0.3 is 49.6 Å². The van der Waals surface area contributed by atoms with Crippen LogP contribution >= 0.6 is 0 Å². The normalized spacial score (nSPS) is 25.1. The van der Waals surface area contributed by atoms with Gasteiger partial charge in [-0.3, -0.25) is 4.79 Å². The van der Waals surface area contributed by atoms with Gasteiger partial charge in [-0.2, -0.15) is 0 Å². The maximum atomic E-state index is 12.6. The summed E-state index contributed by atoms with van der Waals surface area (Å²) in [5.41, 5.74) is -0.539. The Balaban J connectivity index is 1.76. The van der Waals surface area contributed by atoms with E-state index in [-0.39, 0.29) is 22.5 Å². The van der Waals surface area contributed by atoms with Crippen LogP contribution in [-0.2, 0) is 9.53 Å². The van der Waals surface area contributed by atoms with E-state index in [0.717, 1.165) is 12.1 Å². The van der Waals surface area contributed by atoms with Gasteiger partial charge in [0.25, 0.3) is 0 Å². The lowest BCUT2D eigenvalue weighted by atomic mass is 9.99. The number of carboxylic acid groups (broad SMARTS) is 1. The van der Waals surface area contributed by atoms with Gasteiger partial charge >= 0.3 is 5.97 Å². The predicted molar refractivity (Wildman–Crippen MR) is 108 cm³/mol. The second-order valence-corrected chi connectivity index (χ2v) is 7.32. The number of phenols is 3. The molecule has 4 rings (SSSR count). The molecule has 0 saturated carbocycles. The van der Waals surface area contributed by atoms with Crippen molar-refractivity contribution in [3.8, 4) is 34.3 Å². The Morgan fingerprint density at radius 2 is 1.58 bits per heavy atom. The molecule has 3 aromatic rings. The van der Waals surface area contributed by atoms with Gasteiger partial charge in [0.2, 0.25) is 12.0 Å². The molecule has 1 aliphatic rings. The van der Waals surface area contributed by atoms with Crippen LogP contribution < -0.4 is 10.2 Å². The summed E-state index contributed by atoms with van der Waals surface area (Å²) in [5, 5.41) is 68.6. The van der Waals surface area contributed by atoms with E-state index in [9.17, 15) is 40.2 Å². The zero-order valence-corrected chi connectivity index (χ0v) is 16.5. The molecule has 0 aliphatic carbocycles. The van der Waals surface area contributed by atoms with Crippen LogP contribution in [0, 0.1) is 0 Å². The molecule has 1 fully saturated rings. The first-order chi connectivity index (χ1) is 15.6. The molecule has 2 heterocycles. The summed E-state index contributed by atoms with van der Waals surface area (Å²) >= 11 is 0. The van der Waals surface area contributed by atoms with E-state index in [0.29, 0.717) is 5.56 Å². The highest BCUT2D eigenvalue weighted by molar-refractivity contribution is 5.89. The number of aromatic hydroxyl groups is 3. The highest BCUT2D eigenvalue weighted by Crippen LogP contribution is 2.42. The number of aliphatic hydroxyl groups is 3. The minimum atomic E-state index is -1.96. The molecule has 12 nitrogen and oxygen atoms in total. The summed E-state index contributed by atoms with van der Waals surface area (Å²) in [6, 6.07) is 7.74. The molecular weight excluding hydrogens is 444 g/mol. The molecular formula is C21H18O12. The number of phenolic OH excluding ortho intramolecular Hbond substituents is 3. The van der Waals surface area contributed by atoms with Crippen LogP contribution in [0.1, 0.15) is 0 Å². The predicted octanol–water partition coefficient (Wildman–Crippen LogP) is -0.152. The fourth-order valence-electron chi connectivity index (χ4n) is 3.40. The van der Waals surface area contributed by atoms with Crippen LogP contribution in [0.5, 0.6) is 23.0 Å². The van der Waals surface area contributed by atoms with Gasteiger partial charge in [0.1, 0.15) is 40.8 Å². The van der Waals surface area contributed by atoms with Crippen molar-refractivity contribution < 1.29 is 54.4 Å². The van der Waals surface area contributed by atoms with Crippen LogP contribution in [0.3, 0.4) is 0 Å². The largest absolute Gasteiger partial charge is 0.508 e. The lowest BCUT2D eigenvalue weighted by molar-refractivity contribution is -0.271. The third-order valence-electron chi connectivity index (χ3n) is 5.14. The number of aliphatic carboxylic acids is 1. The van der Waals surface area contributed by atoms with Crippen LogP contribution in [0.2, 0.25) is 0 Å². The van der Waals surface area contributed by atoms with E-state index in [2.05, 4.69) is 0 Å². The standard InChI is InChI=1S/C21H18O12/c22-8-3-1-7(2-4-8)10-5-9(23)13-11(31-10)6-12(14(24)15(13)25)32-21-18(28)16(26)17(27)19(33-21)20(29)30/h1-6,16-19,21-22,24-28H,(H,29,30)/t16-,17+,18-,19-,21-/m1/s1. The van der Waals surface area contributed by atoms with Crippen LogP contribution in [0.15, 0.2) is 45.6 Å². The van der Waals surface area contributed by atoms with Gasteiger partial charge in [-0.1, -0.05) is 0 Å². The highest BCUT2D eigenvalue weighted by Gasteiger charge is 2.48. The third-order valence-corrected chi connectivity index (χ3v) is 5.14. The average molecular weight is 462 g/mol. The third kappa shape index (κ3) is 3.91. The molecule has 0 radical (unpaired) electrons. The van der Waals surface area contributed by atoms with E-state index in [1.165, 1.54) is 24.3 Å². The van der Waals surface area contributed by atoms with Gasteiger partial charge in [0.15, 0.2) is 23.0 Å². The molecule has 7 N–H and O–H groups in total. The molecule has 0 bridgehead atoms. The second kappa shape index (κ2) is 8.26. The number of carboxylic acids is 1. The van der Waals surface area contributed by atoms with Crippen molar-refractivity contribution in [2.75, 3.05) is 0 Å². The van der Waals surface area contributed by atoms with Gasteiger partial charge in [-0.15, -0.1) is 0 Å². The first kappa shape index (κ1) is 22.4. The monoisotopic (exact) mass is 462 g/mol. The van der Waals surface area contributed by atoms with Crippen LogP contribution in [0.25, 0.3) is 22.3 Å². The Bertz CT molecular complexity index is 1260. The number of ether oxygens (including phenoxy) is 2. The smallest absolute Gasteiger partial charge is 0.335 e. The number of benzene rings is 2. The number of fused-ring (bicyclic) bond motifs is 1. The Morgan fingerprint density at radius 3 is 2.21 bits per heavy atom. The fourth-order valence-corrected chi connectivity index (χ4v) is 3.40. The first-order valence-electron chi connectivity index (χ1n) is 9.49. The number of hydrogen-bond acceptors (Lipinski definition) is 11. The number of aliphatic hydroxyl groups excluding tert-OH is 3. The summed E-state index contributed by atoms with van der Waals surface area (Å²) in [5.74, 6) is -4.01. The lowest BCUT2D eigenvalue weighted by Crippen LogP contribution is -2.61.